The normalized spacial score (nSPS) is 29.0. The molecule has 0 radical (unpaired) electrons. The Morgan fingerprint density at radius 1 is 1.14 bits per heavy atom. The minimum Gasteiger partial charge on any atom is -0.373 e. The summed E-state index contributed by atoms with van der Waals surface area (Å²) in [6, 6.07) is 0. The van der Waals surface area contributed by atoms with Crippen LogP contribution in [0.5, 0.6) is 0 Å². The lowest BCUT2D eigenvalue weighted by Gasteiger charge is -2.34. The van der Waals surface area contributed by atoms with E-state index in [2.05, 4.69) is 15.2 Å². The van der Waals surface area contributed by atoms with E-state index in [1.165, 1.54) is 38.5 Å². The molecule has 2 unspecified atom stereocenters. The summed E-state index contributed by atoms with van der Waals surface area (Å²) in [6.45, 7) is 7.19. The van der Waals surface area contributed by atoms with Gasteiger partial charge in [0.15, 0.2) is 5.96 Å². The lowest BCUT2D eigenvalue weighted by atomic mass is 9.73. The number of halogens is 1. The van der Waals surface area contributed by atoms with Gasteiger partial charge < -0.3 is 15.0 Å². The maximum atomic E-state index is 12.7. The van der Waals surface area contributed by atoms with Crippen LogP contribution in [0.15, 0.2) is 4.99 Å². The minimum atomic E-state index is -3.29. The zero-order valence-electron chi connectivity index (χ0n) is 17.5. The molecule has 3 rings (SSSR count). The fourth-order valence-electron chi connectivity index (χ4n) is 4.94. The Balaban J connectivity index is 0.00000280. The molecular weight excluding hydrogens is 491 g/mol. The standard InChI is InChI=1S/C19H36N4O3S.HI/c1-16-13-23(14-17(2)26-16)27(24,25)12-10-21-18(20-3)22-11-9-19(15-22)7-5-4-6-8-19;/h16-17H,4-15H2,1-3H3,(H,20,21);1H. The smallest absolute Gasteiger partial charge is 0.216 e. The van der Waals surface area contributed by atoms with Crippen molar-refractivity contribution in [3.8, 4) is 0 Å². The van der Waals surface area contributed by atoms with Crippen molar-refractivity contribution in [1.29, 1.82) is 0 Å². The first-order chi connectivity index (χ1) is 12.8. The van der Waals surface area contributed by atoms with Crippen LogP contribution in [0.3, 0.4) is 0 Å². The van der Waals surface area contributed by atoms with Crippen molar-refractivity contribution in [1.82, 2.24) is 14.5 Å². The molecule has 1 aliphatic carbocycles. The third-order valence-corrected chi connectivity index (χ3v) is 8.09. The number of ether oxygens (including phenoxy) is 1. The molecule has 9 heteroatoms. The van der Waals surface area contributed by atoms with E-state index in [4.69, 9.17) is 4.74 Å². The van der Waals surface area contributed by atoms with Gasteiger partial charge in [0.1, 0.15) is 0 Å². The fraction of sp³-hybridized carbons (Fsp3) is 0.947. The number of nitrogens with one attached hydrogen (secondary N) is 1. The Kier molecular flexibility index (Phi) is 8.84. The summed E-state index contributed by atoms with van der Waals surface area (Å²) in [5, 5.41) is 3.29. The molecule has 1 saturated carbocycles. The van der Waals surface area contributed by atoms with Crippen molar-refractivity contribution < 1.29 is 13.2 Å². The molecule has 1 N–H and O–H groups in total. The second-order valence-corrected chi connectivity index (χ2v) is 10.7. The van der Waals surface area contributed by atoms with E-state index in [0.29, 0.717) is 25.0 Å². The lowest BCUT2D eigenvalue weighted by molar-refractivity contribution is -0.0440. The SMILES string of the molecule is CN=C(NCCS(=O)(=O)N1CC(C)OC(C)C1)N1CCC2(CCCCC2)C1.I. The predicted octanol–water partition coefficient (Wildman–Crippen LogP) is 2.27. The van der Waals surface area contributed by atoms with Gasteiger partial charge in [-0.05, 0) is 38.5 Å². The van der Waals surface area contributed by atoms with Gasteiger partial charge in [0.05, 0.1) is 18.0 Å². The first-order valence-electron chi connectivity index (χ1n) is 10.4. The molecule has 0 amide bonds. The van der Waals surface area contributed by atoms with Gasteiger partial charge in [0.2, 0.25) is 10.0 Å². The van der Waals surface area contributed by atoms with Gasteiger partial charge in [-0.2, -0.15) is 4.31 Å². The molecule has 28 heavy (non-hydrogen) atoms. The van der Waals surface area contributed by atoms with E-state index in [1.807, 2.05) is 13.8 Å². The van der Waals surface area contributed by atoms with E-state index < -0.39 is 10.0 Å². The highest BCUT2D eigenvalue weighted by Crippen LogP contribution is 2.43. The van der Waals surface area contributed by atoms with Crippen LogP contribution in [0.1, 0.15) is 52.4 Å². The molecule has 2 saturated heterocycles. The second-order valence-electron chi connectivity index (χ2n) is 8.60. The van der Waals surface area contributed by atoms with Crippen LogP contribution in [0.2, 0.25) is 0 Å². The number of guanidine groups is 1. The fourth-order valence-corrected chi connectivity index (χ4v) is 6.43. The molecule has 3 fully saturated rings. The monoisotopic (exact) mass is 528 g/mol. The van der Waals surface area contributed by atoms with Gasteiger partial charge in [0, 0.05) is 39.8 Å². The number of nitrogens with zero attached hydrogens (tertiary/aromatic N) is 3. The largest absolute Gasteiger partial charge is 0.373 e. The predicted molar refractivity (Wildman–Crippen MR) is 124 cm³/mol. The number of morpholine rings is 1. The van der Waals surface area contributed by atoms with Crippen LogP contribution in [0.4, 0.5) is 0 Å². The summed E-state index contributed by atoms with van der Waals surface area (Å²) in [4.78, 5) is 6.72. The van der Waals surface area contributed by atoms with Gasteiger partial charge in [-0.25, -0.2) is 8.42 Å². The number of hydrogen-bond donors (Lipinski definition) is 1. The molecular formula is C19H37IN4O3S. The average molecular weight is 529 g/mol. The first-order valence-corrected chi connectivity index (χ1v) is 12.0. The van der Waals surface area contributed by atoms with E-state index in [0.717, 1.165) is 19.0 Å². The molecule has 0 bridgehead atoms. The van der Waals surface area contributed by atoms with Crippen molar-refractivity contribution in [2.24, 2.45) is 10.4 Å². The maximum Gasteiger partial charge on any atom is 0.216 e. The third kappa shape index (κ3) is 5.95. The van der Waals surface area contributed by atoms with Crippen LogP contribution < -0.4 is 5.32 Å². The lowest BCUT2D eigenvalue weighted by Crippen LogP contribution is -2.50. The third-order valence-electron chi connectivity index (χ3n) is 6.29. The van der Waals surface area contributed by atoms with Crippen molar-refractivity contribution in [3.05, 3.63) is 0 Å². The van der Waals surface area contributed by atoms with Gasteiger partial charge >= 0.3 is 0 Å². The zero-order valence-corrected chi connectivity index (χ0v) is 20.7. The van der Waals surface area contributed by atoms with Crippen LogP contribution in [0.25, 0.3) is 0 Å². The van der Waals surface area contributed by atoms with Gasteiger partial charge in [-0.15, -0.1) is 24.0 Å². The van der Waals surface area contributed by atoms with Gasteiger partial charge in [-0.3, -0.25) is 4.99 Å². The molecule has 164 valence electrons. The zero-order chi connectivity index (χ0) is 19.5. The molecule has 2 atom stereocenters. The van der Waals surface area contributed by atoms with E-state index in [-0.39, 0.29) is 41.9 Å². The highest BCUT2D eigenvalue weighted by atomic mass is 127. The summed E-state index contributed by atoms with van der Waals surface area (Å²) in [6.07, 6.45) is 7.81. The van der Waals surface area contributed by atoms with Crippen LogP contribution in [-0.2, 0) is 14.8 Å². The highest BCUT2D eigenvalue weighted by molar-refractivity contribution is 14.0. The average Bonchev–Trinajstić information content (AvgIpc) is 3.01. The Morgan fingerprint density at radius 3 is 2.39 bits per heavy atom. The van der Waals surface area contributed by atoms with E-state index >= 15 is 0 Å². The molecule has 1 spiro atoms. The molecule has 0 aromatic rings. The van der Waals surface area contributed by atoms with E-state index in [9.17, 15) is 8.42 Å². The quantitative estimate of drug-likeness (QED) is 0.345. The van der Waals surface area contributed by atoms with Crippen molar-refractivity contribution >= 4 is 40.0 Å². The Labute approximate surface area is 187 Å². The number of hydrogen-bond acceptors (Lipinski definition) is 4. The molecule has 2 heterocycles. The number of rotatable bonds is 4. The van der Waals surface area contributed by atoms with Crippen LogP contribution >= 0.6 is 24.0 Å². The van der Waals surface area contributed by atoms with E-state index in [1.54, 1.807) is 11.4 Å². The van der Waals surface area contributed by atoms with Crippen molar-refractivity contribution in [3.63, 3.8) is 0 Å². The van der Waals surface area contributed by atoms with Gasteiger partial charge in [0.25, 0.3) is 0 Å². The molecule has 7 nitrogen and oxygen atoms in total. The summed E-state index contributed by atoms with van der Waals surface area (Å²) in [7, 11) is -1.50. The summed E-state index contributed by atoms with van der Waals surface area (Å²) < 4.78 is 32.6. The van der Waals surface area contributed by atoms with Crippen LogP contribution in [-0.4, -0.2) is 81.3 Å². The van der Waals surface area contributed by atoms with Crippen molar-refractivity contribution in [2.75, 3.05) is 45.5 Å². The van der Waals surface area contributed by atoms with Gasteiger partial charge in [-0.1, -0.05) is 19.3 Å². The topological polar surface area (TPSA) is 74.2 Å². The Bertz CT molecular complexity index is 627. The Morgan fingerprint density at radius 2 is 1.79 bits per heavy atom. The first kappa shape index (κ1) is 24.1. The molecule has 0 aromatic heterocycles. The number of likely N-dealkylation sites (tertiary alicyclic amines) is 1. The molecule has 3 aliphatic rings. The second kappa shape index (κ2) is 10.3. The van der Waals surface area contributed by atoms with Crippen LogP contribution in [0, 0.1) is 5.41 Å². The summed E-state index contributed by atoms with van der Waals surface area (Å²) >= 11 is 0. The summed E-state index contributed by atoms with van der Waals surface area (Å²) in [5.74, 6) is 0.932. The number of aliphatic imine (C=N–C) groups is 1. The maximum absolute atomic E-state index is 12.7. The number of sulfonamides is 1. The highest BCUT2D eigenvalue weighted by Gasteiger charge is 2.39. The Hall–Kier alpha value is -0.130. The minimum absolute atomic E-state index is 0. The molecule has 2 aliphatic heterocycles. The van der Waals surface area contributed by atoms with Crippen molar-refractivity contribution in [2.45, 2.75) is 64.6 Å². The summed E-state index contributed by atoms with van der Waals surface area (Å²) in [5.41, 5.74) is 0.460. The molecule has 0 aromatic carbocycles.